The second-order valence-corrected chi connectivity index (χ2v) is 3.75. The normalized spacial score (nSPS) is 32.2. The van der Waals surface area contributed by atoms with Gasteiger partial charge in [0.25, 0.3) is 0 Å². The second-order valence-electron chi connectivity index (χ2n) is 3.18. The van der Waals surface area contributed by atoms with Crippen LogP contribution in [0.4, 0.5) is 13.2 Å². The smallest absolute Gasteiger partial charge is 0.170 e. The van der Waals surface area contributed by atoms with Gasteiger partial charge in [0.1, 0.15) is 5.41 Å². The lowest BCUT2D eigenvalue weighted by atomic mass is 9.74. The molecule has 1 rings (SSSR count). The van der Waals surface area contributed by atoms with E-state index in [1.165, 1.54) is 12.2 Å². The molecule has 0 amide bonds. The SMILES string of the molecule is FC(F)(F)C1(CCl)C=CC=CC1CCl. The van der Waals surface area contributed by atoms with E-state index in [4.69, 9.17) is 23.2 Å². The second kappa shape index (κ2) is 4.15. The highest BCUT2D eigenvalue weighted by atomic mass is 35.5. The average molecular weight is 245 g/mol. The zero-order chi connectivity index (χ0) is 10.8. The first-order valence-electron chi connectivity index (χ1n) is 4.02. The van der Waals surface area contributed by atoms with Crippen molar-refractivity contribution in [2.24, 2.45) is 11.3 Å². The minimum atomic E-state index is -4.37. The average Bonchev–Trinajstić information content (AvgIpc) is 2.15. The molecule has 0 N–H and O–H groups in total. The first-order valence-corrected chi connectivity index (χ1v) is 5.09. The van der Waals surface area contributed by atoms with Crippen molar-refractivity contribution in [2.75, 3.05) is 11.8 Å². The molecule has 5 heteroatoms. The van der Waals surface area contributed by atoms with Crippen LogP contribution in [0.3, 0.4) is 0 Å². The predicted octanol–water partition coefficient (Wildman–Crippen LogP) is 3.75. The summed E-state index contributed by atoms with van der Waals surface area (Å²) in [6.45, 7) is 0. The molecule has 0 saturated carbocycles. The van der Waals surface area contributed by atoms with Crippen LogP contribution in [0.2, 0.25) is 0 Å². The summed E-state index contributed by atoms with van der Waals surface area (Å²) in [4.78, 5) is 0. The fourth-order valence-corrected chi connectivity index (χ4v) is 2.25. The van der Waals surface area contributed by atoms with E-state index in [1.54, 1.807) is 6.08 Å². The van der Waals surface area contributed by atoms with E-state index < -0.39 is 23.4 Å². The van der Waals surface area contributed by atoms with Gasteiger partial charge in [0, 0.05) is 17.7 Å². The molecule has 0 aromatic heterocycles. The van der Waals surface area contributed by atoms with Crippen LogP contribution in [-0.2, 0) is 0 Å². The van der Waals surface area contributed by atoms with Gasteiger partial charge in [0.05, 0.1) is 0 Å². The van der Waals surface area contributed by atoms with Gasteiger partial charge in [-0.3, -0.25) is 0 Å². The van der Waals surface area contributed by atoms with Crippen molar-refractivity contribution in [3.05, 3.63) is 24.3 Å². The van der Waals surface area contributed by atoms with Gasteiger partial charge in [0.2, 0.25) is 0 Å². The number of allylic oxidation sites excluding steroid dienone is 4. The first kappa shape index (κ1) is 11.9. The minimum absolute atomic E-state index is 0.0902. The third-order valence-electron chi connectivity index (χ3n) is 2.42. The highest BCUT2D eigenvalue weighted by Gasteiger charge is 2.56. The summed E-state index contributed by atoms with van der Waals surface area (Å²) in [7, 11) is 0. The van der Waals surface area contributed by atoms with E-state index >= 15 is 0 Å². The van der Waals surface area contributed by atoms with E-state index in [0.29, 0.717) is 0 Å². The highest BCUT2D eigenvalue weighted by Crippen LogP contribution is 2.48. The van der Waals surface area contributed by atoms with Gasteiger partial charge in [-0.2, -0.15) is 13.2 Å². The van der Waals surface area contributed by atoms with Crippen molar-refractivity contribution in [3.8, 4) is 0 Å². The van der Waals surface area contributed by atoms with Crippen molar-refractivity contribution in [2.45, 2.75) is 6.18 Å². The standard InChI is InChI=1S/C9H9Cl2F3/c10-5-7-3-1-2-4-8(7,6-11)9(12,13)14/h1-4,7H,5-6H2. The molecular weight excluding hydrogens is 236 g/mol. The Morgan fingerprint density at radius 2 is 1.86 bits per heavy atom. The lowest BCUT2D eigenvalue weighted by molar-refractivity contribution is -0.208. The number of hydrogen-bond acceptors (Lipinski definition) is 0. The summed E-state index contributed by atoms with van der Waals surface area (Å²) in [5, 5.41) is 0. The Labute approximate surface area is 90.4 Å². The Kier molecular flexibility index (Phi) is 3.53. The van der Waals surface area contributed by atoms with Gasteiger partial charge in [-0.1, -0.05) is 24.3 Å². The Bertz CT molecular complexity index is 257. The topological polar surface area (TPSA) is 0 Å². The fraction of sp³-hybridized carbons (Fsp3) is 0.556. The maximum absolute atomic E-state index is 12.8. The first-order chi connectivity index (χ1) is 6.48. The zero-order valence-electron chi connectivity index (χ0n) is 7.19. The Morgan fingerprint density at radius 3 is 2.21 bits per heavy atom. The quantitative estimate of drug-likeness (QED) is 0.650. The zero-order valence-corrected chi connectivity index (χ0v) is 8.70. The van der Waals surface area contributed by atoms with E-state index in [-0.39, 0.29) is 5.88 Å². The molecule has 1 aliphatic carbocycles. The number of alkyl halides is 5. The van der Waals surface area contributed by atoms with Crippen LogP contribution in [0, 0.1) is 11.3 Å². The van der Waals surface area contributed by atoms with Crippen molar-refractivity contribution < 1.29 is 13.2 Å². The van der Waals surface area contributed by atoms with Crippen molar-refractivity contribution in [1.82, 2.24) is 0 Å². The number of hydrogen-bond donors (Lipinski definition) is 0. The van der Waals surface area contributed by atoms with E-state index in [1.807, 2.05) is 0 Å². The van der Waals surface area contributed by atoms with Crippen molar-refractivity contribution in [1.29, 1.82) is 0 Å². The van der Waals surface area contributed by atoms with Crippen LogP contribution < -0.4 is 0 Å². The Morgan fingerprint density at radius 1 is 1.21 bits per heavy atom. The molecule has 0 bridgehead atoms. The summed E-state index contributed by atoms with van der Waals surface area (Å²) in [5.74, 6) is -1.38. The molecule has 0 spiro atoms. The molecule has 14 heavy (non-hydrogen) atoms. The number of halogens is 5. The van der Waals surface area contributed by atoms with Crippen LogP contribution in [-0.4, -0.2) is 17.9 Å². The third-order valence-corrected chi connectivity index (χ3v) is 3.20. The van der Waals surface area contributed by atoms with Gasteiger partial charge in [-0.25, -0.2) is 0 Å². The number of rotatable bonds is 2. The maximum atomic E-state index is 12.8. The van der Waals surface area contributed by atoms with Gasteiger partial charge in [-0.05, 0) is 0 Å². The van der Waals surface area contributed by atoms with Crippen molar-refractivity contribution >= 4 is 23.2 Å². The molecule has 0 nitrogen and oxygen atoms in total. The van der Waals surface area contributed by atoms with Gasteiger partial charge >= 0.3 is 6.18 Å². The minimum Gasteiger partial charge on any atom is -0.170 e. The Hall–Kier alpha value is -0.150. The lowest BCUT2D eigenvalue weighted by Crippen LogP contribution is -2.45. The molecule has 1 aliphatic rings. The molecule has 0 aromatic carbocycles. The highest BCUT2D eigenvalue weighted by molar-refractivity contribution is 6.19. The summed E-state index contributed by atoms with van der Waals surface area (Å²) < 4.78 is 38.4. The van der Waals surface area contributed by atoms with Crippen LogP contribution >= 0.6 is 23.2 Å². The molecule has 0 aliphatic heterocycles. The van der Waals surface area contributed by atoms with Crippen LogP contribution in [0.15, 0.2) is 24.3 Å². The molecule has 2 unspecified atom stereocenters. The van der Waals surface area contributed by atoms with Crippen LogP contribution in [0.1, 0.15) is 0 Å². The van der Waals surface area contributed by atoms with E-state index in [9.17, 15) is 13.2 Å². The molecule has 0 radical (unpaired) electrons. The van der Waals surface area contributed by atoms with Crippen molar-refractivity contribution in [3.63, 3.8) is 0 Å². The van der Waals surface area contributed by atoms with Crippen LogP contribution in [0.5, 0.6) is 0 Å². The van der Waals surface area contributed by atoms with Gasteiger partial charge < -0.3 is 0 Å². The molecule has 80 valence electrons. The maximum Gasteiger partial charge on any atom is 0.399 e. The summed E-state index contributed by atoms with van der Waals surface area (Å²) in [6, 6.07) is 0. The third kappa shape index (κ3) is 1.80. The largest absolute Gasteiger partial charge is 0.399 e. The molecule has 0 aromatic rings. The summed E-state index contributed by atoms with van der Waals surface area (Å²) in [5.41, 5.74) is -2.01. The fourth-order valence-electron chi connectivity index (χ4n) is 1.43. The Balaban J connectivity index is 3.09. The van der Waals surface area contributed by atoms with E-state index in [0.717, 1.165) is 6.08 Å². The van der Waals surface area contributed by atoms with Gasteiger partial charge in [0.15, 0.2) is 0 Å². The summed E-state index contributed by atoms with van der Waals surface area (Å²) >= 11 is 10.9. The van der Waals surface area contributed by atoms with Gasteiger partial charge in [-0.15, -0.1) is 23.2 Å². The molecule has 0 saturated heterocycles. The summed E-state index contributed by atoms with van der Waals surface area (Å²) in [6.07, 6.45) is 1.09. The van der Waals surface area contributed by atoms with Crippen LogP contribution in [0.25, 0.3) is 0 Å². The molecular formula is C9H9Cl2F3. The monoisotopic (exact) mass is 244 g/mol. The molecule has 0 heterocycles. The predicted molar refractivity (Wildman–Crippen MR) is 51.7 cm³/mol. The van der Waals surface area contributed by atoms with E-state index in [2.05, 4.69) is 0 Å². The lowest BCUT2D eigenvalue weighted by Gasteiger charge is -2.37. The molecule has 2 atom stereocenters. The molecule has 0 fully saturated rings.